The zero-order chi connectivity index (χ0) is 22.1. The number of nitrogens with one attached hydrogen (secondary N) is 2. The summed E-state index contributed by atoms with van der Waals surface area (Å²) in [6, 6.07) is -0.204. The number of hydrogen-bond donors (Lipinski definition) is 2. The van der Waals surface area contributed by atoms with Crippen molar-refractivity contribution >= 4 is 29.2 Å². The monoisotopic (exact) mass is 439 g/mol. The van der Waals surface area contributed by atoms with Crippen LogP contribution in [-0.4, -0.2) is 74.2 Å². The van der Waals surface area contributed by atoms with Crippen LogP contribution >= 0.6 is 11.3 Å². The number of thiazole rings is 1. The van der Waals surface area contributed by atoms with Crippen LogP contribution in [0.5, 0.6) is 0 Å². The predicted molar refractivity (Wildman–Crippen MR) is 117 cm³/mol. The average Bonchev–Trinajstić information content (AvgIpc) is 3.12. The Balaban J connectivity index is 2.07. The van der Waals surface area contributed by atoms with Crippen LogP contribution in [0.25, 0.3) is 0 Å². The topological polar surface area (TPSA) is 105 Å². The van der Waals surface area contributed by atoms with Gasteiger partial charge in [0.2, 0.25) is 5.91 Å². The first kappa shape index (κ1) is 24.1. The summed E-state index contributed by atoms with van der Waals surface area (Å²) in [4.78, 5) is 35.0. The molecule has 1 fully saturated rings. The predicted octanol–water partition coefficient (Wildman–Crippen LogP) is 1.88. The number of guanidine groups is 1. The number of aliphatic imine (C=N–C) groups is 1. The minimum absolute atomic E-state index is 0.0333. The van der Waals surface area contributed by atoms with Crippen molar-refractivity contribution in [3.05, 3.63) is 15.6 Å². The van der Waals surface area contributed by atoms with Crippen LogP contribution in [0.3, 0.4) is 0 Å². The van der Waals surface area contributed by atoms with Crippen molar-refractivity contribution < 1.29 is 19.1 Å². The van der Waals surface area contributed by atoms with E-state index in [2.05, 4.69) is 20.6 Å². The lowest BCUT2D eigenvalue weighted by molar-refractivity contribution is -0.127. The first-order valence-electron chi connectivity index (χ1n) is 10.3. The van der Waals surface area contributed by atoms with Crippen LogP contribution in [0.15, 0.2) is 4.99 Å². The minimum atomic E-state index is -0.357. The van der Waals surface area contributed by atoms with Gasteiger partial charge in [-0.05, 0) is 40.0 Å². The number of hydrogen-bond acceptors (Lipinski definition) is 7. The van der Waals surface area contributed by atoms with Crippen molar-refractivity contribution in [3.8, 4) is 0 Å². The molecule has 1 aliphatic rings. The molecule has 0 aromatic carbocycles. The van der Waals surface area contributed by atoms with E-state index >= 15 is 0 Å². The van der Waals surface area contributed by atoms with Crippen LogP contribution in [0.2, 0.25) is 0 Å². The zero-order valence-corrected chi connectivity index (χ0v) is 19.3. The van der Waals surface area contributed by atoms with Crippen molar-refractivity contribution in [1.29, 1.82) is 0 Å². The maximum Gasteiger partial charge on any atom is 0.350 e. The molecule has 10 heteroatoms. The number of nitrogens with zero attached hydrogens (tertiary/aromatic N) is 3. The van der Waals surface area contributed by atoms with Crippen LogP contribution in [-0.2, 0) is 14.3 Å². The molecule has 0 radical (unpaired) electrons. The van der Waals surface area contributed by atoms with Gasteiger partial charge in [-0.15, -0.1) is 11.3 Å². The van der Waals surface area contributed by atoms with E-state index in [4.69, 9.17) is 9.47 Å². The van der Waals surface area contributed by atoms with E-state index in [9.17, 15) is 9.59 Å². The Bertz CT molecular complexity index is 744. The van der Waals surface area contributed by atoms with Crippen LogP contribution in [0, 0.1) is 6.92 Å². The summed E-state index contributed by atoms with van der Waals surface area (Å²) in [6.07, 6.45) is 3.37. The summed E-state index contributed by atoms with van der Waals surface area (Å²) < 4.78 is 10.9. The molecular weight excluding hydrogens is 406 g/mol. The van der Waals surface area contributed by atoms with Gasteiger partial charge in [0.1, 0.15) is 16.4 Å². The smallest absolute Gasteiger partial charge is 0.350 e. The maximum absolute atomic E-state index is 12.1. The van der Waals surface area contributed by atoms with Crippen LogP contribution in [0.4, 0.5) is 0 Å². The number of carbonyl (C=O) groups excluding carboxylic acids is 2. The van der Waals surface area contributed by atoms with E-state index in [-0.39, 0.29) is 30.6 Å². The molecule has 2 heterocycles. The number of aryl methyl sites for hydroxylation is 1. The molecule has 2 atom stereocenters. The van der Waals surface area contributed by atoms with E-state index in [1.807, 2.05) is 6.92 Å². The van der Waals surface area contributed by atoms with Gasteiger partial charge >= 0.3 is 5.97 Å². The fraction of sp³-hybridized carbons (Fsp3) is 0.700. The summed E-state index contributed by atoms with van der Waals surface area (Å²) in [5, 5.41) is 7.31. The highest BCUT2D eigenvalue weighted by Crippen LogP contribution is 2.24. The van der Waals surface area contributed by atoms with Crippen molar-refractivity contribution in [2.24, 2.45) is 4.99 Å². The summed E-state index contributed by atoms with van der Waals surface area (Å²) in [5.74, 6) is 0.0637. The molecular formula is C20H33N5O4S. The van der Waals surface area contributed by atoms with E-state index in [0.29, 0.717) is 29.7 Å². The number of aromatic nitrogens is 1. The third kappa shape index (κ3) is 7.24. The zero-order valence-electron chi connectivity index (χ0n) is 18.5. The highest BCUT2D eigenvalue weighted by molar-refractivity contribution is 7.13. The van der Waals surface area contributed by atoms with Gasteiger partial charge in [-0.25, -0.2) is 14.8 Å². The largest absolute Gasteiger partial charge is 0.462 e. The Morgan fingerprint density at radius 2 is 2.17 bits per heavy atom. The maximum atomic E-state index is 12.1. The summed E-state index contributed by atoms with van der Waals surface area (Å²) >= 11 is 1.30. The fourth-order valence-electron chi connectivity index (χ4n) is 2.87. The number of rotatable bonds is 8. The number of likely N-dealkylation sites (N-methyl/N-ethyl adjacent to an activating group) is 1. The number of esters is 1. The second kappa shape index (κ2) is 11.8. The van der Waals surface area contributed by atoms with E-state index in [0.717, 1.165) is 30.9 Å². The van der Waals surface area contributed by atoms with Gasteiger partial charge < -0.3 is 25.0 Å². The average molecular weight is 440 g/mol. The summed E-state index contributed by atoms with van der Waals surface area (Å²) in [6.45, 7) is 7.25. The van der Waals surface area contributed by atoms with E-state index < -0.39 is 0 Å². The fourth-order valence-corrected chi connectivity index (χ4v) is 3.84. The number of ether oxygens (including phenoxy) is 2. The normalized spacial score (nSPS) is 17.9. The van der Waals surface area contributed by atoms with Gasteiger partial charge in [0.25, 0.3) is 0 Å². The van der Waals surface area contributed by atoms with Crippen molar-refractivity contribution in [1.82, 2.24) is 20.5 Å². The van der Waals surface area contributed by atoms with Gasteiger partial charge in [-0.2, -0.15) is 0 Å². The van der Waals surface area contributed by atoms with Crippen LogP contribution < -0.4 is 10.6 Å². The van der Waals surface area contributed by atoms with Crippen molar-refractivity contribution in [2.75, 3.05) is 40.4 Å². The summed E-state index contributed by atoms with van der Waals surface area (Å²) in [5.41, 5.74) is 0.645. The van der Waals surface area contributed by atoms with Gasteiger partial charge in [-0.1, -0.05) is 0 Å². The highest BCUT2D eigenvalue weighted by Gasteiger charge is 2.21. The Labute approximate surface area is 182 Å². The molecule has 1 aromatic heterocycles. The molecule has 168 valence electrons. The molecule has 2 N–H and O–H groups in total. The van der Waals surface area contributed by atoms with E-state index in [1.54, 1.807) is 27.9 Å². The van der Waals surface area contributed by atoms with Gasteiger partial charge in [0.15, 0.2) is 5.96 Å². The molecule has 0 aliphatic carbocycles. The highest BCUT2D eigenvalue weighted by atomic mass is 32.1. The molecule has 9 nitrogen and oxygen atoms in total. The molecule has 2 rings (SSSR count). The lowest BCUT2D eigenvalue weighted by atomic mass is 10.1. The molecule has 0 bridgehead atoms. The first-order valence-corrected chi connectivity index (χ1v) is 11.1. The lowest BCUT2D eigenvalue weighted by Crippen LogP contribution is -2.44. The Morgan fingerprint density at radius 1 is 1.40 bits per heavy atom. The number of carbonyl (C=O) groups is 2. The molecule has 1 saturated heterocycles. The third-order valence-corrected chi connectivity index (χ3v) is 5.96. The second-order valence-corrected chi connectivity index (χ2v) is 8.41. The Morgan fingerprint density at radius 3 is 2.80 bits per heavy atom. The molecule has 1 aromatic rings. The second-order valence-electron chi connectivity index (χ2n) is 7.38. The molecule has 0 saturated carbocycles. The molecule has 2 unspecified atom stereocenters. The lowest BCUT2D eigenvalue weighted by Gasteiger charge is -2.24. The van der Waals surface area contributed by atoms with Gasteiger partial charge in [0, 0.05) is 27.2 Å². The Kier molecular flexibility index (Phi) is 9.51. The molecule has 1 amide bonds. The quantitative estimate of drug-likeness (QED) is 0.362. The summed E-state index contributed by atoms with van der Waals surface area (Å²) in [7, 11) is 3.40. The van der Waals surface area contributed by atoms with Gasteiger partial charge in [0.05, 0.1) is 24.4 Å². The SMILES string of the molecule is CCOC(=O)c1sc(C(C)NC(=NCC(=O)N(C)C)NCC2CCCCO2)nc1C. The molecule has 1 aliphatic heterocycles. The Hall–Kier alpha value is -2.20. The van der Waals surface area contributed by atoms with E-state index in [1.165, 1.54) is 16.2 Å². The first-order chi connectivity index (χ1) is 14.3. The third-order valence-electron chi connectivity index (χ3n) is 4.64. The van der Waals surface area contributed by atoms with Gasteiger partial charge in [-0.3, -0.25) is 4.79 Å². The molecule has 30 heavy (non-hydrogen) atoms. The minimum Gasteiger partial charge on any atom is -0.462 e. The standard InChI is InChI=1S/C20H33N5O4S/c1-6-28-19(27)17-13(2)23-18(30-17)14(3)24-20(22-12-16(26)25(4)5)21-11-15-9-7-8-10-29-15/h14-15H,6-12H2,1-5H3,(H2,21,22,24). The molecule has 0 spiro atoms. The van der Waals surface area contributed by atoms with Crippen molar-refractivity contribution in [3.63, 3.8) is 0 Å². The van der Waals surface area contributed by atoms with Crippen LogP contribution in [0.1, 0.15) is 59.5 Å². The number of amides is 1. The van der Waals surface area contributed by atoms with Crippen molar-refractivity contribution in [2.45, 2.75) is 52.2 Å².